The summed E-state index contributed by atoms with van der Waals surface area (Å²) in [5.41, 5.74) is 50.8. The van der Waals surface area contributed by atoms with Crippen LogP contribution in [-0.4, -0.2) is 123 Å². The van der Waals surface area contributed by atoms with Gasteiger partial charge < -0.3 is 88.3 Å². The first kappa shape index (κ1) is 54.7. The first-order valence-corrected chi connectivity index (χ1v) is 13.0. The number of aliphatic imine (C=N–C) groups is 3. The molecule has 0 amide bonds. The van der Waals surface area contributed by atoms with Crippen molar-refractivity contribution in [3.63, 3.8) is 0 Å². The molecular weight excluding hydrogens is 658 g/mol. The van der Waals surface area contributed by atoms with Gasteiger partial charge in [0, 0.05) is 19.6 Å². The number of nitrogens with two attached hydrogens (primary N) is 10. The zero-order chi connectivity index (χ0) is 36.1. The van der Waals surface area contributed by atoms with Gasteiger partial charge in [-0.1, -0.05) is 0 Å². The summed E-state index contributed by atoms with van der Waals surface area (Å²) in [6.45, 7) is 1.26. The summed E-state index contributed by atoms with van der Waals surface area (Å²) in [6, 6.07) is -3.75. The van der Waals surface area contributed by atoms with Gasteiger partial charge in [0.2, 0.25) is 0 Å². The number of halogens is 1. The Morgan fingerprint density at radius 2 is 0.681 bits per heavy atom. The molecule has 278 valence electrons. The number of rotatable bonds is 18. The Labute approximate surface area is 276 Å². The van der Waals surface area contributed by atoms with Crippen LogP contribution in [0.4, 0.5) is 0 Å². The van der Waals surface area contributed by atoms with E-state index in [1.54, 1.807) is 0 Å². The number of carbonyl (C=O) groups is 5. The maximum atomic E-state index is 10.2. The van der Waals surface area contributed by atoms with E-state index in [0.29, 0.717) is 58.2 Å². The predicted molar refractivity (Wildman–Crippen MR) is 175 cm³/mol. The van der Waals surface area contributed by atoms with E-state index in [4.69, 9.17) is 82.9 Å². The van der Waals surface area contributed by atoms with Crippen molar-refractivity contribution in [2.75, 3.05) is 19.6 Å². The van der Waals surface area contributed by atoms with Crippen LogP contribution < -0.4 is 57.3 Å². The van der Waals surface area contributed by atoms with E-state index >= 15 is 0 Å². The minimum Gasteiger partial charge on any atom is -0.481 e. The van der Waals surface area contributed by atoms with E-state index < -0.39 is 60.4 Å². The standard InChI is InChI=1S/3C6H14N4O2.C4H7NO4.ClH.H2O/c3*7-4(5(11)12)2-1-3-10-6(8)9;5-2(4(8)9)1-3(6)7;;/h3*4H,1-3,7H2,(H,11,12)(H4,8,9,10);2H,1,5H2,(H,6,7)(H,8,9);1H;1H2/t4-;;;2-;;/m0..0../s1. The number of nitrogens with zero attached hydrogens (tertiary/aromatic N) is 3. The fourth-order valence-electron chi connectivity index (χ4n) is 2.20. The summed E-state index contributed by atoms with van der Waals surface area (Å²) >= 11 is 0. The second kappa shape index (κ2) is 34.1. The van der Waals surface area contributed by atoms with Crippen LogP contribution in [0.1, 0.15) is 44.9 Å². The fraction of sp³-hybridized carbons (Fsp3) is 0.636. The third-order valence-corrected chi connectivity index (χ3v) is 4.57. The predicted octanol–water partition coefficient (Wildman–Crippen LogP) is -6.17. The second-order valence-corrected chi connectivity index (χ2v) is 8.72. The highest BCUT2D eigenvalue weighted by Crippen LogP contribution is 1.96. The van der Waals surface area contributed by atoms with Crippen molar-refractivity contribution in [1.29, 1.82) is 0 Å². The van der Waals surface area contributed by atoms with Crippen LogP contribution in [0.2, 0.25) is 0 Å². The van der Waals surface area contributed by atoms with Crippen molar-refractivity contribution >= 4 is 60.1 Å². The summed E-state index contributed by atoms with van der Waals surface area (Å²) in [7, 11) is 0. The summed E-state index contributed by atoms with van der Waals surface area (Å²) in [6.07, 6.45) is 2.34. The Morgan fingerprint density at radius 3 is 0.809 bits per heavy atom. The molecule has 0 saturated heterocycles. The lowest BCUT2D eigenvalue weighted by Gasteiger charge is -2.03. The first-order chi connectivity index (χ1) is 20.6. The van der Waals surface area contributed by atoms with E-state index in [0.717, 1.165) is 0 Å². The lowest BCUT2D eigenvalue weighted by Crippen LogP contribution is -2.32. The molecule has 0 radical (unpaired) electrons. The minimum atomic E-state index is -1.29. The topological polar surface area (TPSA) is 515 Å². The molecule has 0 saturated carbocycles. The van der Waals surface area contributed by atoms with Gasteiger partial charge in [-0.25, -0.2) is 0 Å². The maximum Gasteiger partial charge on any atom is 0.321 e. The zero-order valence-electron chi connectivity index (χ0n) is 25.7. The highest BCUT2D eigenvalue weighted by Gasteiger charge is 2.14. The summed E-state index contributed by atoms with van der Waals surface area (Å²) in [4.78, 5) is 61.3. The average Bonchev–Trinajstić information content (AvgIpc) is 2.91. The Hall–Kier alpha value is -4.75. The number of hydrogen-bond acceptors (Lipinski definition) is 12. The highest BCUT2D eigenvalue weighted by molar-refractivity contribution is 5.85. The first-order valence-electron chi connectivity index (χ1n) is 13.0. The Morgan fingerprint density at radius 1 is 0.468 bits per heavy atom. The molecule has 0 spiro atoms. The molecule has 0 heterocycles. The number of carboxylic acid groups (broad SMARTS) is 5. The normalized spacial score (nSPS) is 11.7. The third-order valence-electron chi connectivity index (χ3n) is 4.57. The van der Waals surface area contributed by atoms with Crippen LogP contribution in [0.25, 0.3) is 0 Å². The van der Waals surface area contributed by atoms with Crippen LogP contribution in [0, 0.1) is 0 Å². The molecule has 27 N–H and O–H groups in total. The summed E-state index contributed by atoms with van der Waals surface area (Å²) in [5, 5.41) is 41.2. The SMILES string of the molecule is Cl.NC(N)=NCCCC(N)C(=O)O.NC(N)=NCCCC(N)C(=O)O.NC(N)=NCCC[C@H](N)C(=O)O.N[C@@H](CC(=O)O)C(=O)O.O. The van der Waals surface area contributed by atoms with E-state index in [1.807, 2.05) is 0 Å². The number of aliphatic carboxylic acids is 5. The smallest absolute Gasteiger partial charge is 0.321 e. The van der Waals surface area contributed by atoms with E-state index in [9.17, 15) is 24.0 Å². The average molecular weight is 710 g/mol. The van der Waals surface area contributed by atoms with Crippen LogP contribution in [0.15, 0.2) is 15.0 Å². The number of carboxylic acids is 5. The maximum absolute atomic E-state index is 10.2. The van der Waals surface area contributed by atoms with Gasteiger partial charge in [-0.3, -0.25) is 38.9 Å². The van der Waals surface area contributed by atoms with E-state index in [1.165, 1.54) is 0 Å². The van der Waals surface area contributed by atoms with Crippen molar-refractivity contribution in [1.82, 2.24) is 0 Å². The molecule has 0 aromatic rings. The van der Waals surface area contributed by atoms with Crippen LogP contribution in [0.5, 0.6) is 0 Å². The summed E-state index contributed by atoms with van der Waals surface area (Å²) in [5.74, 6) is -5.46. The minimum absolute atomic E-state index is 0. The van der Waals surface area contributed by atoms with Crippen LogP contribution in [0.3, 0.4) is 0 Å². The third kappa shape index (κ3) is 48.4. The van der Waals surface area contributed by atoms with Gasteiger partial charge >= 0.3 is 29.8 Å². The van der Waals surface area contributed by atoms with Crippen molar-refractivity contribution in [3.8, 4) is 0 Å². The van der Waals surface area contributed by atoms with Crippen molar-refractivity contribution in [2.45, 2.75) is 69.1 Å². The molecule has 0 aliphatic heterocycles. The zero-order valence-corrected chi connectivity index (χ0v) is 26.5. The molecule has 24 nitrogen and oxygen atoms in total. The Kier molecular flexibility index (Phi) is 39.7. The molecule has 2 unspecified atom stereocenters. The molecule has 0 aromatic heterocycles. The molecule has 0 fully saturated rings. The molecule has 47 heavy (non-hydrogen) atoms. The van der Waals surface area contributed by atoms with E-state index in [-0.39, 0.29) is 35.8 Å². The van der Waals surface area contributed by atoms with Gasteiger partial charge in [0.1, 0.15) is 24.2 Å². The lowest BCUT2D eigenvalue weighted by atomic mass is 10.2. The largest absolute Gasteiger partial charge is 0.481 e. The van der Waals surface area contributed by atoms with Crippen LogP contribution in [-0.2, 0) is 24.0 Å². The van der Waals surface area contributed by atoms with Gasteiger partial charge in [-0.2, -0.15) is 0 Å². The fourth-order valence-corrected chi connectivity index (χ4v) is 2.20. The van der Waals surface area contributed by atoms with Gasteiger partial charge in [-0.15, -0.1) is 12.4 Å². The van der Waals surface area contributed by atoms with Gasteiger partial charge in [0.15, 0.2) is 17.9 Å². The molecule has 0 bridgehead atoms. The van der Waals surface area contributed by atoms with Gasteiger partial charge in [0.25, 0.3) is 0 Å². The van der Waals surface area contributed by atoms with Crippen LogP contribution >= 0.6 is 12.4 Å². The van der Waals surface area contributed by atoms with Crippen molar-refractivity contribution in [2.24, 2.45) is 72.3 Å². The monoisotopic (exact) mass is 709 g/mol. The molecule has 0 rings (SSSR count). The van der Waals surface area contributed by atoms with E-state index in [2.05, 4.69) is 15.0 Å². The molecule has 0 aliphatic carbocycles. The molecule has 25 heteroatoms. The van der Waals surface area contributed by atoms with Crippen molar-refractivity contribution in [3.05, 3.63) is 0 Å². The molecular formula is C22H52ClN13O11. The van der Waals surface area contributed by atoms with Crippen molar-refractivity contribution < 1.29 is 55.0 Å². The lowest BCUT2D eigenvalue weighted by molar-refractivity contribution is -0.144. The quantitative estimate of drug-likeness (QED) is 0.0357. The van der Waals surface area contributed by atoms with Gasteiger partial charge in [0.05, 0.1) is 6.42 Å². The van der Waals surface area contributed by atoms with Gasteiger partial charge in [-0.05, 0) is 38.5 Å². The Balaban J connectivity index is -0.000000118. The molecule has 0 aliphatic rings. The number of guanidine groups is 3. The molecule has 0 aromatic carbocycles. The molecule has 4 atom stereocenters. The summed E-state index contributed by atoms with van der Waals surface area (Å²) < 4.78 is 0. The highest BCUT2D eigenvalue weighted by atomic mass is 35.5. The Bertz CT molecular complexity index is 881. The number of hydrogen-bond donors (Lipinski definition) is 15. The second-order valence-electron chi connectivity index (χ2n) is 8.72.